The van der Waals surface area contributed by atoms with E-state index in [-0.39, 0.29) is 0 Å². The zero-order chi connectivity index (χ0) is 20.1. The van der Waals surface area contributed by atoms with Gasteiger partial charge in [0.25, 0.3) is 0 Å². The molecule has 0 unspecified atom stereocenters. The molecule has 2 aromatic heterocycles. The van der Waals surface area contributed by atoms with Crippen molar-refractivity contribution in [1.82, 2.24) is 9.88 Å². The molecule has 0 radical (unpaired) electrons. The van der Waals surface area contributed by atoms with E-state index in [1.54, 1.807) is 11.3 Å². The second-order valence-electron chi connectivity index (χ2n) is 6.87. The predicted molar refractivity (Wildman–Crippen MR) is 116 cm³/mol. The number of nitrogens with zero attached hydrogens (tertiary/aromatic N) is 1. The topological polar surface area (TPSA) is 54.3 Å². The normalized spacial score (nSPS) is 10.9. The molecular formula is C23H26N2O2S. The van der Waals surface area contributed by atoms with Gasteiger partial charge in [-0.3, -0.25) is 0 Å². The molecule has 0 aliphatic carbocycles. The van der Waals surface area contributed by atoms with Crippen molar-refractivity contribution in [2.45, 2.75) is 33.4 Å². The molecule has 0 aliphatic heterocycles. The zero-order valence-corrected chi connectivity index (χ0v) is 17.2. The highest BCUT2D eigenvalue weighted by molar-refractivity contribution is 7.09. The molecule has 3 rings (SSSR count). The molecule has 0 spiro atoms. The van der Waals surface area contributed by atoms with Gasteiger partial charge in [0, 0.05) is 41.5 Å². The molecule has 0 atom stereocenters. The molecule has 2 N–H and O–H groups in total. The van der Waals surface area contributed by atoms with E-state index in [0.717, 1.165) is 41.0 Å². The average Bonchev–Trinajstić information content (AvgIpc) is 3.28. The minimum atomic E-state index is -0.864. The summed E-state index contributed by atoms with van der Waals surface area (Å²) in [5, 5.41) is 15.3. The second kappa shape index (κ2) is 9.04. The van der Waals surface area contributed by atoms with Gasteiger partial charge >= 0.3 is 5.97 Å². The van der Waals surface area contributed by atoms with Crippen molar-refractivity contribution in [3.05, 3.63) is 86.9 Å². The summed E-state index contributed by atoms with van der Waals surface area (Å²) in [5.74, 6) is -0.864. The molecule has 0 amide bonds. The number of hydrogen-bond acceptors (Lipinski definition) is 3. The van der Waals surface area contributed by atoms with E-state index in [0.29, 0.717) is 18.7 Å². The largest absolute Gasteiger partial charge is 0.478 e. The maximum Gasteiger partial charge on any atom is 0.337 e. The van der Waals surface area contributed by atoms with Crippen LogP contribution in [0.1, 0.15) is 43.3 Å². The summed E-state index contributed by atoms with van der Waals surface area (Å²) in [4.78, 5) is 13.2. The van der Waals surface area contributed by atoms with Crippen LogP contribution in [0.3, 0.4) is 0 Å². The number of carboxylic acids is 1. The van der Waals surface area contributed by atoms with Crippen molar-refractivity contribution in [3.8, 4) is 0 Å². The SMILES string of the molecule is C=Cc1ccc(Cn2c(C)c(CNCCc3cccs3)c(C(=O)O)c2C)cc1. The highest BCUT2D eigenvalue weighted by Crippen LogP contribution is 2.24. The van der Waals surface area contributed by atoms with Gasteiger partial charge in [-0.05, 0) is 42.8 Å². The van der Waals surface area contributed by atoms with Crippen molar-refractivity contribution in [2.24, 2.45) is 0 Å². The van der Waals surface area contributed by atoms with Crippen molar-refractivity contribution in [1.29, 1.82) is 0 Å². The standard InChI is InChI=1S/C23H26N2O2S/c1-4-18-7-9-19(10-8-18)15-25-16(2)21(22(17(25)3)23(26)27)14-24-12-11-20-6-5-13-28-20/h4-10,13,24H,1,11-12,14-15H2,2-3H3,(H,26,27). The molecule has 1 aromatic carbocycles. The number of rotatable bonds is 9. The minimum absolute atomic E-state index is 0.420. The van der Waals surface area contributed by atoms with Crippen LogP contribution in [0.25, 0.3) is 6.08 Å². The Bertz CT molecular complexity index is 954. The fourth-order valence-corrected chi connectivity index (χ4v) is 4.22. The van der Waals surface area contributed by atoms with E-state index >= 15 is 0 Å². The maximum atomic E-state index is 11.9. The molecule has 3 aromatic rings. The molecule has 0 saturated carbocycles. The van der Waals surface area contributed by atoms with Crippen LogP contribution >= 0.6 is 11.3 Å². The Labute approximate surface area is 170 Å². The molecule has 5 heteroatoms. The molecule has 4 nitrogen and oxygen atoms in total. The zero-order valence-electron chi connectivity index (χ0n) is 16.4. The van der Waals surface area contributed by atoms with Gasteiger partial charge in [-0.1, -0.05) is 43.0 Å². The molecule has 0 bridgehead atoms. The van der Waals surface area contributed by atoms with Crippen LogP contribution in [0.4, 0.5) is 0 Å². The third-order valence-electron chi connectivity index (χ3n) is 5.11. The number of carbonyl (C=O) groups is 1. The maximum absolute atomic E-state index is 11.9. The molecule has 0 aliphatic rings. The summed E-state index contributed by atoms with van der Waals surface area (Å²) in [7, 11) is 0. The van der Waals surface area contributed by atoms with Crippen LogP contribution in [0, 0.1) is 13.8 Å². The number of carboxylic acid groups (broad SMARTS) is 1. The Morgan fingerprint density at radius 1 is 1.21 bits per heavy atom. The molecular weight excluding hydrogens is 368 g/mol. The highest BCUT2D eigenvalue weighted by Gasteiger charge is 2.22. The van der Waals surface area contributed by atoms with Gasteiger partial charge in [0.2, 0.25) is 0 Å². The second-order valence-corrected chi connectivity index (χ2v) is 7.90. The Kier molecular flexibility index (Phi) is 6.49. The van der Waals surface area contributed by atoms with Gasteiger partial charge in [-0.2, -0.15) is 0 Å². The smallest absolute Gasteiger partial charge is 0.337 e. The molecule has 0 fully saturated rings. The number of aromatic carboxylic acids is 1. The quantitative estimate of drug-likeness (QED) is 0.508. The van der Waals surface area contributed by atoms with E-state index in [1.807, 2.05) is 32.1 Å². The number of hydrogen-bond donors (Lipinski definition) is 2. The predicted octanol–water partition coefficient (Wildman–Crippen LogP) is 4.89. The van der Waals surface area contributed by atoms with E-state index in [9.17, 15) is 9.90 Å². The molecule has 0 saturated heterocycles. The van der Waals surface area contributed by atoms with Crippen LogP contribution in [-0.2, 0) is 19.5 Å². The lowest BCUT2D eigenvalue weighted by molar-refractivity contribution is 0.0694. The third-order valence-corrected chi connectivity index (χ3v) is 6.05. The van der Waals surface area contributed by atoms with Crippen LogP contribution in [0.5, 0.6) is 0 Å². The summed E-state index contributed by atoms with van der Waals surface area (Å²) in [5.41, 5.74) is 5.31. The number of aromatic nitrogens is 1. The van der Waals surface area contributed by atoms with Gasteiger partial charge in [0.15, 0.2) is 0 Å². The third kappa shape index (κ3) is 4.43. The lowest BCUT2D eigenvalue weighted by atomic mass is 10.1. The van der Waals surface area contributed by atoms with Crippen LogP contribution in [-0.4, -0.2) is 22.2 Å². The van der Waals surface area contributed by atoms with Crippen molar-refractivity contribution < 1.29 is 9.90 Å². The number of benzene rings is 1. The summed E-state index contributed by atoms with van der Waals surface area (Å²) in [6, 6.07) is 12.4. The first kappa shape index (κ1) is 20.1. The fraction of sp³-hybridized carbons (Fsp3) is 0.261. The lowest BCUT2D eigenvalue weighted by Gasteiger charge is -2.11. The Balaban J connectivity index is 1.77. The summed E-state index contributed by atoms with van der Waals surface area (Å²) >= 11 is 1.75. The van der Waals surface area contributed by atoms with Crippen LogP contribution in [0.2, 0.25) is 0 Å². The molecule has 146 valence electrons. The van der Waals surface area contributed by atoms with E-state index < -0.39 is 5.97 Å². The first-order valence-electron chi connectivity index (χ1n) is 9.37. The Morgan fingerprint density at radius 3 is 2.57 bits per heavy atom. The van der Waals surface area contributed by atoms with E-state index in [2.05, 4.69) is 46.1 Å². The van der Waals surface area contributed by atoms with Crippen molar-refractivity contribution >= 4 is 23.4 Å². The first-order valence-corrected chi connectivity index (χ1v) is 10.3. The molecule has 2 heterocycles. The number of nitrogens with one attached hydrogen (secondary N) is 1. The molecule has 28 heavy (non-hydrogen) atoms. The number of thiophene rings is 1. The summed E-state index contributed by atoms with van der Waals surface area (Å²) in [6.07, 6.45) is 2.77. The Hall–Kier alpha value is -2.63. The fourth-order valence-electron chi connectivity index (χ4n) is 3.51. The summed E-state index contributed by atoms with van der Waals surface area (Å²) in [6.45, 7) is 9.72. The van der Waals surface area contributed by atoms with Gasteiger partial charge in [-0.25, -0.2) is 4.79 Å². The minimum Gasteiger partial charge on any atom is -0.478 e. The highest BCUT2D eigenvalue weighted by atomic mass is 32.1. The van der Waals surface area contributed by atoms with Gasteiger partial charge in [0.05, 0.1) is 5.56 Å². The van der Waals surface area contributed by atoms with Gasteiger partial charge < -0.3 is 15.0 Å². The van der Waals surface area contributed by atoms with Crippen LogP contribution < -0.4 is 5.32 Å². The monoisotopic (exact) mass is 394 g/mol. The van der Waals surface area contributed by atoms with Crippen LogP contribution in [0.15, 0.2) is 48.4 Å². The first-order chi connectivity index (χ1) is 13.5. The van der Waals surface area contributed by atoms with Crippen molar-refractivity contribution in [3.63, 3.8) is 0 Å². The Morgan fingerprint density at radius 2 is 1.96 bits per heavy atom. The van der Waals surface area contributed by atoms with Crippen molar-refractivity contribution in [2.75, 3.05) is 6.54 Å². The lowest BCUT2D eigenvalue weighted by Crippen LogP contribution is -2.18. The van der Waals surface area contributed by atoms with Gasteiger partial charge in [0.1, 0.15) is 0 Å². The van der Waals surface area contributed by atoms with Gasteiger partial charge in [-0.15, -0.1) is 11.3 Å². The van der Waals surface area contributed by atoms with E-state index in [1.165, 1.54) is 4.88 Å². The average molecular weight is 395 g/mol. The summed E-state index contributed by atoms with van der Waals surface area (Å²) < 4.78 is 2.10. The van der Waals surface area contributed by atoms with E-state index in [4.69, 9.17) is 0 Å².